The van der Waals surface area contributed by atoms with E-state index in [-0.39, 0.29) is 6.04 Å². The number of rotatable bonds is 3. The number of hydrogen-bond donors (Lipinski definition) is 1. The van der Waals surface area contributed by atoms with E-state index in [1.165, 1.54) is 4.88 Å². The molecule has 1 aromatic rings. The summed E-state index contributed by atoms with van der Waals surface area (Å²) in [6.07, 6.45) is 0. The molecule has 1 aromatic heterocycles. The standard InChI is InChI=1S/C10H17N3S/c1-8(2)12-10(11)13(3)7-9-5-4-6-14-9/h4-6,8H,7H2,1-3H3,(H2,11,12). The first-order valence-electron chi connectivity index (χ1n) is 4.66. The molecule has 3 nitrogen and oxygen atoms in total. The normalized spacial score (nSPS) is 12.1. The maximum atomic E-state index is 5.82. The second-order valence-electron chi connectivity index (χ2n) is 3.52. The van der Waals surface area contributed by atoms with Gasteiger partial charge in [-0.2, -0.15) is 0 Å². The molecule has 0 unspecified atom stereocenters. The van der Waals surface area contributed by atoms with Crippen molar-refractivity contribution in [1.82, 2.24) is 4.90 Å². The molecule has 0 bridgehead atoms. The molecule has 2 N–H and O–H groups in total. The SMILES string of the molecule is CC(C)N=C(N)N(C)Cc1cccs1. The molecular formula is C10H17N3S. The first-order valence-corrected chi connectivity index (χ1v) is 5.54. The molecule has 1 heterocycles. The van der Waals surface area contributed by atoms with Crippen molar-refractivity contribution >= 4 is 17.3 Å². The second kappa shape index (κ2) is 5.00. The summed E-state index contributed by atoms with van der Waals surface area (Å²) in [4.78, 5) is 7.55. The third-order valence-electron chi connectivity index (χ3n) is 1.75. The predicted octanol–water partition coefficient (Wildman–Crippen LogP) is 1.90. The van der Waals surface area contributed by atoms with Gasteiger partial charge in [0.1, 0.15) is 0 Å². The molecule has 78 valence electrons. The molecular weight excluding hydrogens is 194 g/mol. The summed E-state index contributed by atoms with van der Waals surface area (Å²) >= 11 is 1.74. The minimum Gasteiger partial charge on any atom is -0.370 e. The highest BCUT2D eigenvalue weighted by Gasteiger charge is 2.03. The van der Waals surface area contributed by atoms with Crippen LogP contribution in [0.25, 0.3) is 0 Å². The van der Waals surface area contributed by atoms with Crippen LogP contribution in [0.1, 0.15) is 18.7 Å². The van der Waals surface area contributed by atoms with Gasteiger partial charge >= 0.3 is 0 Å². The fourth-order valence-electron chi connectivity index (χ4n) is 1.08. The zero-order valence-corrected chi connectivity index (χ0v) is 9.71. The van der Waals surface area contributed by atoms with Gasteiger partial charge in [0.05, 0.1) is 6.54 Å². The van der Waals surface area contributed by atoms with Crippen molar-refractivity contribution in [2.45, 2.75) is 26.4 Å². The van der Waals surface area contributed by atoms with Crippen LogP contribution in [0.2, 0.25) is 0 Å². The highest BCUT2D eigenvalue weighted by molar-refractivity contribution is 7.09. The Morgan fingerprint density at radius 2 is 2.36 bits per heavy atom. The minimum atomic E-state index is 0.251. The molecule has 0 radical (unpaired) electrons. The number of nitrogens with two attached hydrogens (primary N) is 1. The first-order chi connectivity index (χ1) is 6.59. The largest absolute Gasteiger partial charge is 0.370 e. The summed E-state index contributed by atoms with van der Waals surface area (Å²) in [5, 5.41) is 2.07. The van der Waals surface area contributed by atoms with Crippen LogP contribution >= 0.6 is 11.3 Å². The van der Waals surface area contributed by atoms with Crippen LogP contribution in [0.5, 0.6) is 0 Å². The van der Waals surface area contributed by atoms with Crippen molar-refractivity contribution in [2.75, 3.05) is 7.05 Å². The Hall–Kier alpha value is -1.03. The van der Waals surface area contributed by atoms with Crippen LogP contribution in [0.15, 0.2) is 22.5 Å². The van der Waals surface area contributed by atoms with Gasteiger partial charge < -0.3 is 10.6 Å². The maximum absolute atomic E-state index is 5.82. The molecule has 0 spiro atoms. The zero-order chi connectivity index (χ0) is 10.6. The van der Waals surface area contributed by atoms with Crippen molar-refractivity contribution in [3.05, 3.63) is 22.4 Å². The lowest BCUT2D eigenvalue weighted by Gasteiger charge is -2.17. The number of guanidine groups is 1. The molecule has 4 heteroatoms. The van der Waals surface area contributed by atoms with E-state index in [1.807, 2.05) is 31.9 Å². The number of nitrogens with zero attached hydrogens (tertiary/aromatic N) is 2. The molecule has 0 saturated heterocycles. The molecule has 0 atom stereocenters. The third-order valence-corrected chi connectivity index (χ3v) is 2.62. The summed E-state index contributed by atoms with van der Waals surface area (Å²) in [5.74, 6) is 0.605. The van der Waals surface area contributed by atoms with Crippen LogP contribution in [0.4, 0.5) is 0 Å². The molecule has 0 aromatic carbocycles. The van der Waals surface area contributed by atoms with Gasteiger partial charge in [-0.15, -0.1) is 11.3 Å². The van der Waals surface area contributed by atoms with Gasteiger partial charge in [0.2, 0.25) is 0 Å². The van der Waals surface area contributed by atoms with Crippen LogP contribution in [-0.4, -0.2) is 23.9 Å². The summed E-state index contributed by atoms with van der Waals surface area (Å²) in [7, 11) is 1.96. The third kappa shape index (κ3) is 3.38. The highest BCUT2D eigenvalue weighted by Crippen LogP contribution is 2.10. The Labute approximate surface area is 89.3 Å². The summed E-state index contributed by atoms with van der Waals surface area (Å²) in [6, 6.07) is 4.40. The van der Waals surface area contributed by atoms with Gasteiger partial charge in [-0.3, -0.25) is 4.99 Å². The van der Waals surface area contributed by atoms with E-state index >= 15 is 0 Å². The Morgan fingerprint density at radius 3 is 2.86 bits per heavy atom. The van der Waals surface area contributed by atoms with Crippen LogP contribution in [0, 0.1) is 0 Å². The van der Waals surface area contributed by atoms with Gasteiger partial charge in [0.15, 0.2) is 5.96 Å². The van der Waals surface area contributed by atoms with E-state index in [0.717, 1.165) is 6.54 Å². The minimum absolute atomic E-state index is 0.251. The van der Waals surface area contributed by atoms with Crippen molar-refractivity contribution in [3.63, 3.8) is 0 Å². The lowest BCUT2D eigenvalue weighted by Crippen LogP contribution is -2.34. The maximum Gasteiger partial charge on any atom is 0.191 e. The highest BCUT2D eigenvalue weighted by atomic mass is 32.1. The van der Waals surface area contributed by atoms with Crippen LogP contribution in [-0.2, 0) is 6.54 Å². The molecule has 1 rings (SSSR count). The number of thiophene rings is 1. The monoisotopic (exact) mass is 211 g/mol. The summed E-state index contributed by atoms with van der Waals surface area (Å²) < 4.78 is 0. The fourth-order valence-corrected chi connectivity index (χ4v) is 1.84. The number of aliphatic imine (C=N–C) groups is 1. The van der Waals surface area contributed by atoms with E-state index in [0.29, 0.717) is 5.96 Å². The van der Waals surface area contributed by atoms with E-state index in [2.05, 4.69) is 16.4 Å². The smallest absolute Gasteiger partial charge is 0.191 e. The van der Waals surface area contributed by atoms with E-state index < -0.39 is 0 Å². The lowest BCUT2D eigenvalue weighted by molar-refractivity contribution is 0.494. The molecule has 14 heavy (non-hydrogen) atoms. The molecule has 0 aliphatic rings. The summed E-state index contributed by atoms with van der Waals surface area (Å²) in [5.41, 5.74) is 5.82. The van der Waals surface area contributed by atoms with Gasteiger partial charge in [-0.1, -0.05) is 6.07 Å². The van der Waals surface area contributed by atoms with Gasteiger partial charge in [-0.25, -0.2) is 0 Å². The molecule has 0 fully saturated rings. The predicted molar refractivity (Wildman–Crippen MR) is 62.5 cm³/mol. The van der Waals surface area contributed by atoms with Gasteiger partial charge in [-0.05, 0) is 25.3 Å². The van der Waals surface area contributed by atoms with Crippen LogP contribution < -0.4 is 5.73 Å². The average Bonchev–Trinajstić information content (AvgIpc) is 2.55. The second-order valence-corrected chi connectivity index (χ2v) is 4.55. The Morgan fingerprint density at radius 1 is 1.64 bits per heavy atom. The van der Waals surface area contributed by atoms with E-state index in [1.54, 1.807) is 11.3 Å². The van der Waals surface area contributed by atoms with Gasteiger partial charge in [0, 0.05) is 18.0 Å². The molecule has 0 aliphatic heterocycles. The average molecular weight is 211 g/mol. The molecule has 0 aliphatic carbocycles. The summed E-state index contributed by atoms with van der Waals surface area (Å²) in [6.45, 7) is 4.87. The van der Waals surface area contributed by atoms with Crippen molar-refractivity contribution < 1.29 is 0 Å². The van der Waals surface area contributed by atoms with Crippen LogP contribution in [0.3, 0.4) is 0 Å². The topological polar surface area (TPSA) is 41.6 Å². The van der Waals surface area contributed by atoms with E-state index in [9.17, 15) is 0 Å². The van der Waals surface area contributed by atoms with E-state index in [4.69, 9.17) is 5.73 Å². The Kier molecular flexibility index (Phi) is 3.95. The van der Waals surface area contributed by atoms with Crippen molar-refractivity contribution in [2.24, 2.45) is 10.7 Å². The van der Waals surface area contributed by atoms with Crippen molar-refractivity contribution in [3.8, 4) is 0 Å². The Bertz CT molecular complexity index is 290. The Balaban J connectivity index is 2.54. The molecule has 0 saturated carbocycles. The quantitative estimate of drug-likeness (QED) is 0.613. The molecule has 0 amide bonds. The number of hydrogen-bond acceptors (Lipinski definition) is 2. The zero-order valence-electron chi connectivity index (χ0n) is 8.90. The van der Waals surface area contributed by atoms with Gasteiger partial charge in [0.25, 0.3) is 0 Å². The first kappa shape index (κ1) is 11.0. The fraction of sp³-hybridized carbons (Fsp3) is 0.500. The lowest BCUT2D eigenvalue weighted by atomic mass is 10.4. The van der Waals surface area contributed by atoms with Crippen molar-refractivity contribution in [1.29, 1.82) is 0 Å².